The fourth-order valence-corrected chi connectivity index (χ4v) is 3.98. The number of thiophene rings is 1. The van der Waals surface area contributed by atoms with E-state index in [1.165, 1.54) is 0 Å². The van der Waals surface area contributed by atoms with Crippen LogP contribution in [0.25, 0.3) is 10.1 Å². The molecule has 7 nitrogen and oxygen atoms in total. The van der Waals surface area contributed by atoms with E-state index in [-0.39, 0.29) is 5.91 Å². The van der Waals surface area contributed by atoms with Crippen LogP contribution in [-0.2, 0) is 0 Å². The zero-order valence-electron chi connectivity index (χ0n) is 14.7. The molecule has 3 heterocycles. The summed E-state index contributed by atoms with van der Waals surface area (Å²) in [6.07, 6.45) is 1.69. The second kappa shape index (κ2) is 8.98. The molecule has 9 heteroatoms. The lowest BCUT2D eigenvalue weighted by Gasteiger charge is -2.34. The van der Waals surface area contributed by atoms with Crippen LogP contribution in [0.4, 0.5) is 5.95 Å². The van der Waals surface area contributed by atoms with Crippen LogP contribution in [0.3, 0.4) is 0 Å². The Hall–Kier alpha value is -2.42. The summed E-state index contributed by atoms with van der Waals surface area (Å²) in [7, 11) is 1.59. The van der Waals surface area contributed by atoms with Crippen LogP contribution < -0.4 is 9.64 Å². The number of rotatable bonds is 3. The molecule has 1 aliphatic rings. The molecule has 1 aliphatic heterocycles. The summed E-state index contributed by atoms with van der Waals surface area (Å²) in [4.78, 5) is 26.2. The third kappa shape index (κ3) is 4.29. The molecule has 0 radical (unpaired) electrons. The van der Waals surface area contributed by atoms with Gasteiger partial charge in [-0.2, -0.15) is 4.98 Å². The van der Waals surface area contributed by atoms with E-state index in [1.807, 2.05) is 29.2 Å². The number of fused-ring (bicyclic) bond motifs is 1. The molecule has 1 aromatic carbocycles. The number of halogens is 1. The van der Waals surface area contributed by atoms with Crippen molar-refractivity contribution in [3.63, 3.8) is 0 Å². The molecular weight excluding hydrogens is 388 g/mol. The van der Waals surface area contributed by atoms with Crippen molar-refractivity contribution in [3.8, 4) is 5.88 Å². The minimum Gasteiger partial charge on any atom is -0.481 e. The van der Waals surface area contributed by atoms with Gasteiger partial charge < -0.3 is 14.5 Å². The number of carbonyl (C=O) groups is 1. The Bertz CT molecular complexity index is 879. The van der Waals surface area contributed by atoms with Crippen molar-refractivity contribution in [2.45, 2.75) is 0 Å². The molecule has 0 saturated carbocycles. The molecule has 27 heavy (non-hydrogen) atoms. The van der Waals surface area contributed by atoms with E-state index in [0.29, 0.717) is 38.0 Å². The molecular formula is C18H19ClN4O3S. The molecule has 1 amide bonds. The van der Waals surface area contributed by atoms with E-state index in [9.17, 15) is 4.79 Å². The number of benzene rings is 1. The molecule has 0 spiro atoms. The number of ether oxygens (including phenoxy) is 1. The van der Waals surface area contributed by atoms with Gasteiger partial charge in [0.15, 0.2) is 0 Å². The van der Waals surface area contributed by atoms with E-state index in [0.717, 1.165) is 15.0 Å². The zero-order chi connectivity index (χ0) is 19.2. The first-order valence-corrected chi connectivity index (χ1v) is 9.47. The highest BCUT2D eigenvalue weighted by Gasteiger charge is 2.24. The molecule has 1 N–H and O–H groups in total. The molecule has 1 saturated heterocycles. The van der Waals surface area contributed by atoms with E-state index in [2.05, 4.69) is 32.8 Å². The summed E-state index contributed by atoms with van der Waals surface area (Å²) < 4.78 is 12.8. The normalized spacial score (nSPS) is 13.9. The van der Waals surface area contributed by atoms with Gasteiger partial charge in [0.25, 0.3) is 5.91 Å². The van der Waals surface area contributed by atoms with Crippen LogP contribution in [-0.4, -0.2) is 58.7 Å². The highest BCUT2D eigenvalue weighted by Crippen LogP contribution is 2.26. The van der Waals surface area contributed by atoms with E-state index < -0.39 is 0 Å². The van der Waals surface area contributed by atoms with Crippen LogP contribution in [0.2, 0.25) is 0 Å². The summed E-state index contributed by atoms with van der Waals surface area (Å²) in [5.74, 6) is 1.30. The number of amides is 1. The van der Waals surface area contributed by atoms with Gasteiger partial charge in [0.1, 0.15) is 0 Å². The third-order valence-electron chi connectivity index (χ3n) is 4.31. The molecule has 142 valence electrons. The second-order valence-corrected chi connectivity index (χ2v) is 6.91. The van der Waals surface area contributed by atoms with Gasteiger partial charge in [0.05, 0.1) is 23.9 Å². The van der Waals surface area contributed by atoms with Crippen molar-refractivity contribution in [2.24, 2.45) is 0 Å². The Kier molecular flexibility index (Phi) is 6.44. The fraction of sp³-hybridized carbons (Fsp3) is 0.278. The van der Waals surface area contributed by atoms with Crippen molar-refractivity contribution in [1.29, 1.82) is 0 Å². The first-order valence-electron chi connectivity index (χ1n) is 8.31. The number of aromatic nitrogens is 2. The number of piperazine rings is 1. The van der Waals surface area contributed by atoms with Gasteiger partial charge in [-0.25, -0.2) is 4.98 Å². The smallest absolute Gasteiger partial charge is 0.264 e. The van der Waals surface area contributed by atoms with Crippen LogP contribution in [0.5, 0.6) is 5.88 Å². The Labute approximate surface area is 166 Å². The quantitative estimate of drug-likeness (QED) is 0.720. The highest BCUT2D eigenvalue weighted by molar-refractivity contribution is 7.20. The minimum absolute atomic E-state index is 0.104. The van der Waals surface area contributed by atoms with Gasteiger partial charge in [-0.1, -0.05) is 18.2 Å². The lowest BCUT2D eigenvalue weighted by atomic mass is 10.2. The first kappa shape index (κ1) is 19.3. The standard InChI is InChI=1S/C18H18N4O2S.ClHO/c1-24-16-6-7-19-18(20-16)22-10-8-21(9-11-22)17(23)15-12-13-4-2-3-5-14(13)25-15;1-2/h2-7,12H,8-11H2,1H3;2H. The number of hydrogen-bond donors (Lipinski definition) is 1. The number of methoxy groups -OCH3 is 1. The zero-order valence-corrected chi connectivity index (χ0v) is 16.3. The van der Waals surface area contributed by atoms with Crippen molar-refractivity contribution in [1.82, 2.24) is 14.9 Å². The van der Waals surface area contributed by atoms with Gasteiger partial charge in [-0.3, -0.25) is 9.45 Å². The largest absolute Gasteiger partial charge is 0.481 e. The number of hydrogen-bond acceptors (Lipinski definition) is 7. The van der Waals surface area contributed by atoms with E-state index in [4.69, 9.17) is 9.40 Å². The van der Waals surface area contributed by atoms with Crippen molar-refractivity contribution >= 4 is 45.1 Å². The maximum Gasteiger partial charge on any atom is 0.264 e. The monoisotopic (exact) mass is 406 g/mol. The highest BCUT2D eigenvalue weighted by atomic mass is 35.5. The summed E-state index contributed by atoms with van der Waals surface area (Å²) in [6.45, 7) is 2.74. The average molecular weight is 407 g/mol. The molecule has 0 aliphatic carbocycles. The van der Waals surface area contributed by atoms with Gasteiger partial charge in [0.2, 0.25) is 11.8 Å². The van der Waals surface area contributed by atoms with Crippen LogP contribution in [0.1, 0.15) is 9.67 Å². The molecule has 2 aromatic heterocycles. The number of carbonyl (C=O) groups excluding carboxylic acids is 1. The fourth-order valence-electron chi connectivity index (χ4n) is 2.95. The van der Waals surface area contributed by atoms with Gasteiger partial charge in [-0.05, 0) is 17.5 Å². The maximum atomic E-state index is 12.8. The van der Waals surface area contributed by atoms with Crippen LogP contribution >= 0.6 is 23.2 Å². The molecule has 3 aromatic rings. The summed E-state index contributed by atoms with van der Waals surface area (Å²) in [5.41, 5.74) is 0. The Balaban J connectivity index is 0.00000102. The molecule has 4 rings (SSSR count). The number of nitrogens with zero attached hydrogens (tertiary/aromatic N) is 4. The van der Waals surface area contributed by atoms with E-state index in [1.54, 1.807) is 30.7 Å². The average Bonchev–Trinajstić information content (AvgIpc) is 3.19. The third-order valence-corrected chi connectivity index (χ3v) is 5.42. The summed E-state index contributed by atoms with van der Waals surface area (Å²) >= 11 is 5.19. The maximum absolute atomic E-state index is 12.8. The van der Waals surface area contributed by atoms with Crippen LogP contribution in [0, 0.1) is 0 Å². The van der Waals surface area contributed by atoms with Gasteiger partial charge >= 0.3 is 0 Å². The van der Waals surface area contributed by atoms with E-state index >= 15 is 0 Å². The molecule has 0 bridgehead atoms. The van der Waals surface area contributed by atoms with Crippen molar-refractivity contribution in [3.05, 3.63) is 47.5 Å². The molecule has 0 atom stereocenters. The summed E-state index contributed by atoms with van der Waals surface area (Å²) in [5, 5.41) is 1.12. The molecule has 0 unspecified atom stereocenters. The van der Waals surface area contributed by atoms with Crippen LogP contribution in [0.15, 0.2) is 42.6 Å². The predicted octanol–water partition coefficient (Wildman–Crippen LogP) is 2.79. The SMILES string of the molecule is COc1ccnc(N2CCN(C(=O)c3cc4ccccc4s3)CC2)n1.OCl. The Morgan fingerprint density at radius 3 is 2.63 bits per heavy atom. The first-order chi connectivity index (χ1) is 13.2. The van der Waals surface area contributed by atoms with Gasteiger partial charge in [0, 0.05) is 43.1 Å². The predicted molar refractivity (Wildman–Crippen MR) is 107 cm³/mol. The molecule has 1 fully saturated rings. The second-order valence-electron chi connectivity index (χ2n) is 5.83. The lowest BCUT2D eigenvalue weighted by Crippen LogP contribution is -2.49. The van der Waals surface area contributed by atoms with Gasteiger partial charge in [-0.15, -0.1) is 11.3 Å². The van der Waals surface area contributed by atoms with Crippen molar-refractivity contribution in [2.75, 3.05) is 38.2 Å². The Morgan fingerprint density at radius 2 is 1.93 bits per heavy atom. The topological polar surface area (TPSA) is 78.8 Å². The Morgan fingerprint density at radius 1 is 1.19 bits per heavy atom. The minimum atomic E-state index is 0.104. The number of anilines is 1. The summed E-state index contributed by atoms with van der Waals surface area (Å²) in [6, 6.07) is 11.8. The lowest BCUT2D eigenvalue weighted by molar-refractivity contribution is 0.0751. The van der Waals surface area contributed by atoms with Crippen molar-refractivity contribution < 1.29 is 14.2 Å².